The van der Waals surface area contributed by atoms with Gasteiger partial charge in [-0.25, -0.2) is 0 Å². The van der Waals surface area contributed by atoms with Crippen LogP contribution in [0.15, 0.2) is 29.3 Å². The van der Waals surface area contributed by atoms with Crippen molar-refractivity contribution in [3.8, 4) is 0 Å². The lowest BCUT2D eigenvalue weighted by atomic mass is 10.2. The fourth-order valence-corrected chi connectivity index (χ4v) is 1.90. The minimum Gasteiger partial charge on any atom is -0.378 e. The van der Waals surface area contributed by atoms with Crippen LogP contribution in [0, 0.1) is 0 Å². The van der Waals surface area contributed by atoms with Gasteiger partial charge in [0, 0.05) is 45.7 Å². The molecule has 1 rings (SSSR count). The van der Waals surface area contributed by atoms with E-state index in [4.69, 9.17) is 0 Å². The van der Waals surface area contributed by atoms with Gasteiger partial charge in [-0.15, -0.1) is 0 Å². The third-order valence-corrected chi connectivity index (χ3v) is 3.35. The summed E-state index contributed by atoms with van der Waals surface area (Å²) in [5, 5.41) is 6.59. The van der Waals surface area contributed by atoms with Crippen LogP contribution in [0.5, 0.6) is 0 Å². The minimum atomic E-state index is 0.784. The first kappa shape index (κ1) is 15.7. The number of rotatable bonds is 6. The molecule has 0 heterocycles. The zero-order valence-electron chi connectivity index (χ0n) is 12.2. The van der Waals surface area contributed by atoms with Crippen LogP contribution < -0.4 is 15.5 Å². The van der Waals surface area contributed by atoms with Crippen molar-refractivity contribution in [3.05, 3.63) is 29.8 Å². The Morgan fingerprint density at radius 2 is 1.89 bits per heavy atom. The van der Waals surface area contributed by atoms with Gasteiger partial charge in [0.15, 0.2) is 5.96 Å². The monoisotopic (exact) mass is 280 g/mol. The number of nitrogens with one attached hydrogen (secondary N) is 2. The van der Waals surface area contributed by atoms with E-state index >= 15 is 0 Å². The van der Waals surface area contributed by atoms with E-state index in [1.807, 2.05) is 25.9 Å². The molecule has 0 spiro atoms. The predicted molar refractivity (Wildman–Crippen MR) is 87.4 cm³/mol. The number of hydrogen-bond donors (Lipinski definition) is 2. The molecule has 0 aliphatic rings. The van der Waals surface area contributed by atoms with E-state index in [1.165, 1.54) is 11.3 Å². The molecule has 0 radical (unpaired) electrons. The highest BCUT2D eigenvalue weighted by Gasteiger charge is 1.99. The Hall–Kier alpha value is -1.36. The molecule has 0 unspecified atom stereocenters. The Kier molecular flexibility index (Phi) is 7.18. The lowest BCUT2D eigenvalue weighted by Gasteiger charge is -2.14. The summed E-state index contributed by atoms with van der Waals surface area (Å²) in [5.74, 6) is 1.93. The highest BCUT2D eigenvalue weighted by molar-refractivity contribution is 7.98. The van der Waals surface area contributed by atoms with Crippen LogP contribution in [0.3, 0.4) is 0 Å². The van der Waals surface area contributed by atoms with Crippen LogP contribution in [0.2, 0.25) is 0 Å². The number of benzene rings is 1. The molecule has 4 nitrogen and oxygen atoms in total. The highest BCUT2D eigenvalue weighted by Crippen LogP contribution is 2.11. The minimum absolute atomic E-state index is 0.784. The normalized spacial score (nSPS) is 11.3. The van der Waals surface area contributed by atoms with Crippen LogP contribution in [0.4, 0.5) is 5.69 Å². The highest BCUT2D eigenvalue weighted by atomic mass is 32.2. The van der Waals surface area contributed by atoms with Gasteiger partial charge in [-0.2, -0.15) is 11.8 Å². The lowest BCUT2D eigenvalue weighted by Crippen LogP contribution is -2.37. The van der Waals surface area contributed by atoms with Gasteiger partial charge < -0.3 is 15.5 Å². The van der Waals surface area contributed by atoms with Gasteiger partial charge in [0.1, 0.15) is 0 Å². The van der Waals surface area contributed by atoms with E-state index in [1.54, 1.807) is 7.05 Å². The van der Waals surface area contributed by atoms with Gasteiger partial charge in [0.05, 0.1) is 0 Å². The summed E-state index contributed by atoms with van der Waals surface area (Å²) in [6.07, 6.45) is 2.10. The van der Waals surface area contributed by atoms with Crippen molar-refractivity contribution in [1.82, 2.24) is 10.6 Å². The maximum atomic E-state index is 4.20. The molecule has 0 aliphatic carbocycles. The summed E-state index contributed by atoms with van der Waals surface area (Å²) in [6, 6.07) is 8.52. The molecule has 106 valence electrons. The SMILES string of the molecule is CN=C(NCCSC)NCc1ccc(N(C)C)cc1. The molecule has 0 saturated carbocycles. The summed E-state index contributed by atoms with van der Waals surface area (Å²) in [4.78, 5) is 6.29. The van der Waals surface area contributed by atoms with Crippen molar-refractivity contribution in [1.29, 1.82) is 0 Å². The molecular weight excluding hydrogens is 256 g/mol. The number of hydrogen-bond acceptors (Lipinski definition) is 3. The number of anilines is 1. The summed E-state index contributed by atoms with van der Waals surface area (Å²) >= 11 is 1.82. The smallest absolute Gasteiger partial charge is 0.191 e. The lowest BCUT2D eigenvalue weighted by molar-refractivity contribution is 0.833. The number of thioether (sulfide) groups is 1. The average Bonchev–Trinajstić information content (AvgIpc) is 2.43. The van der Waals surface area contributed by atoms with Gasteiger partial charge in [-0.05, 0) is 24.0 Å². The molecule has 0 amide bonds. The summed E-state index contributed by atoms with van der Waals surface area (Å²) in [6.45, 7) is 1.72. The Morgan fingerprint density at radius 3 is 2.42 bits per heavy atom. The first-order valence-electron chi connectivity index (χ1n) is 6.37. The van der Waals surface area contributed by atoms with Gasteiger partial charge in [0.25, 0.3) is 0 Å². The van der Waals surface area contributed by atoms with E-state index < -0.39 is 0 Å². The van der Waals surface area contributed by atoms with Crippen molar-refractivity contribution < 1.29 is 0 Å². The second kappa shape index (κ2) is 8.69. The standard InChI is InChI=1S/C14H24N4S/c1-15-14(16-9-10-19-4)17-11-12-5-7-13(8-6-12)18(2)3/h5-8H,9-11H2,1-4H3,(H2,15,16,17). The topological polar surface area (TPSA) is 39.7 Å². The number of nitrogens with zero attached hydrogens (tertiary/aromatic N) is 2. The number of aliphatic imine (C=N–C) groups is 1. The second-order valence-electron chi connectivity index (χ2n) is 4.41. The van der Waals surface area contributed by atoms with Gasteiger partial charge >= 0.3 is 0 Å². The second-order valence-corrected chi connectivity index (χ2v) is 5.39. The number of guanidine groups is 1. The third kappa shape index (κ3) is 5.87. The zero-order valence-corrected chi connectivity index (χ0v) is 13.0. The maximum absolute atomic E-state index is 4.20. The van der Waals surface area contributed by atoms with E-state index in [2.05, 4.69) is 51.0 Å². The van der Waals surface area contributed by atoms with Crippen molar-refractivity contribution in [3.63, 3.8) is 0 Å². The van der Waals surface area contributed by atoms with E-state index in [0.717, 1.165) is 24.8 Å². The Balaban J connectivity index is 2.42. The van der Waals surface area contributed by atoms with Crippen LogP contribution in [0.1, 0.15) is 5.56 Å². The summed E-state index contributed by atoms with van der Waals surface area (Å²) in [5.41, 5.74) is 2.46. The summed E-state index contributed by atoms with van der Waals surface area (Å²) in [7, 11) is 5.89. The van der Waals surface area contributed by atoms with E-state index in [0.29, 0.717) is 0 Å². The first-order valence-corrected chi connectivity index (χ1v) is 7.76. The summed E-state index contributed by atoms with van der Waals surface area (Å²) < 4.78 is 0. The molecule has 0 atom stereocenters. The molecule has 0 bridgehead atoms. The first-order chi connectivity index (χ1) is 9.17. The molecule has 1 aromatic rings. The Labute approximate surface area is 120 Å². The van der Waals surface area contributed by atoms with Crippen molar-refractivity contribution in [2.45, 2.75) is 6.54 Å². The molecule has 0 saturated heterocycles. The molecule has 2 N–H and O–H groups in total. The quantitative estimate of drug-likeness (QED) is 0.473. The molecule has 0 fully saturated rings. The molecule has 5 heteroatoms. The van der Waals surface area contributed by atoms with Crippen LogP contribution in [0.25, 0.3) is 0 Å². The van der Waals surface area contributed by atoms with Gasteiger partial charge in [0.2, 0.25) is 0 Å². The van der Waals surface area contributed by atoms with Crippen LogP contribution in [-0.4, -0.2) is 45.7 Å². The van der Waals surface area contributed by atoms with Gasteiger partial charge in [-0.3, -0.25) is 4.99 Å². The predicted octanol–water partition coefficient (Wildman–Crippen LogP) is 1.78. The zero-order chi connectivity index (χ0) is 14.1. The largest absolute Gasteiger partial charge is 0.378 e. The molecule has 19 heavy (non-hydrogen) atoms. The third-order valence-electron chi connectivity index (χ3n) is 2.73. The van der Waals surface area contributed by atoms with Crippen LogP contribution >= 0.6 is 11.8 Å². The fraction of sp³-hybridized carbons (Fsp3) is 0.500. The fourth-order valence-electron chi connectivity index (χ4n) is 1.59. The Morgan fingerprint density at radius 1 is 1.21 bits per heavy atom. The average molecular weight is 280 g/mol. The van der Waals surface area contributed by atoms with Gasteiger partial charge in [-0.1, -0.05) is 12.1 Å². The Bertz CT molecular complexity index is 387. The van der Waals surface area contributed by atoms with Crippen molar-refractivity contribution in [2.75, 3.05) is 44.6 Å². The molecule has 0 aliphatic heterocycles. The molecular formula is C14H24N4S. The van der Waals surface area contributed by atoms with Crippen molar-refractivity contribution >= 4 is 23.4 Å². The molecule has 0 aromatic heterocycles. The van der Waals surface area contributed by atoms with Crippen molar-refractivity contribution in [2.24, 2.45) is 4.99 Å². The molecule has 1 aromatic carbocycles. The maximum Gasteiger partial charge on any atom is 0.191 e. The van der Waals surface area contributed by atoms with E-state index in [9.17, 15) is 0 Å². The van der Waals surface area contributed by atoms with E-state index in [-0.39, 0.29) is 0 Å². The van der Waals surface area contributed by atoms with Crippen LogP contribution in [-0.2, 0) is 6.54 Å².